The van der Waals surface area contributed by atoms with Crippen molar-refractivity contribution in [2.45, 2.75) is 26.2 Å². The van der Waals surface area contributed by atoms with Gasteiger partial charge in [-0.1, -0.05) is 25.1 Å². The number of ketones is 1. The summed E-state index contributed by atoms with van der Waals surface area (Å²) >= 11 is 0. The van der Waals surface area contributed by atoms with Gasteiger partial charge in [0.15, 0.2) is 5.78 Å². The van der Waals surface area contributed by atoms with Crippen LogP contribution in [-0.4, -0.2) is 18.9 Å². The van der Waals surface area contributed by atoms with Gasteiger partial charge in [0.25, 0.3) is 0 Å². The maximum Gasteiger partial charge on any atom is 0.166 e. The van der Waals surface area contributed by atoms with Gasteiger partial charge in [0.1, 0.15) is 0 Å². The van der Waals surface area contributed by atoms with Crippen LogP contribution in [0.25, 0.3) is 0 Å². The standard InChI is InChI=1S/C14H19NO/c1-2-11-4-3-5-13(10-11)14(16)12-6-8-15-9-7-12/h3-5,10,12,15H,2,6-9H2,1H3. The molecule has 1 saturated heterocycles. The second kappa shape index (κ2) is 5.26. The average molecular weight is 217 g/mol. The number of hydrogen-bond acceptors (Lipinski definition) is 2. The maximum atomic E-state index is 12.2. The molecule has 0 bridgehead atoms. The first kappa shape index (κ1) is 11.3. The summed E-state index contributed by atoms with van der Waals surface area (Å²) < 4.78 is 0. The SMILES string of the molecule is CCc1cccc(C(=O)C2CCNCC2)c1. The molecular formula is C14H19NO. The van der Waals surface area contributed by atoms with Gasteiger partial charge in [-0.05, 0) is 44.0 Å². The molecule has 1 aliphatic heterocycles. The normalized spacial score (nSPS) is 17.3. The molecular weight excluding hydrogens is 198 g/mol. The molecule has 1 heterocycles. The van der Waals surface area contributed by atoms with Crippen molar-refractivity contribution in [3.63, 3.8) is 0 Å². The van der Waals surface area contributed by atoms with Crippen molar-refractivity contribution in [1.29, 1.82) is 0 Å². The minimum Gasteiger partial charge on any atom is -0.317 e. The van der Waals surface area contributed by atoms with Gasteiger partial charge in [-0.15, -0.1) is 0 Å². The molecule has 0 aliphatic carbocycles. The fourth-order valence-electron chi connectivity index (χ4n) is 2.26. The van der Waals surface area contributed by atoms with Crippen LogP contribution in [0.2, 0.25) is 0 Å². The topological polar surface area (TPSA) is 29.1 Å². The number of carbonyl (C=O) groups is 1. The Balaban J connectivity index is 2.12. The Bertz CT molecular complexity index is 367. The van der Waals surface area contributed by atoms with Crippen molar-refractivity contribution in [3.05, 3.63) is 35.4 Å². The van der Waals surface area contributed by atoms with Crippen molar-refractivity contribution >= 4 is 5.78 Å². The van der Waals surface area contributed by atoms with E-state index in [9.17, 15) is 4.79 Å². The molecule has 2 nitrogen and oxygen atoms in total. The Kier molecular flexibility index (Phi) is 3.73. The molecule has 0 spiro atoms. The smallest absolute Gasteiger partial charge is 0.166 e. The highest BCUT2D eigenvalue weighted by Gasteiger charge is 2.21. The van der Waals surface area contributed by atoms with E-state index in [1.54, 1.807) is 0 Å². The summed E-state index contributed by atoms with van der Waals surface area (Å²) in [4.78, 5) is 12.2. The van der Waals surface area contributed by atoms with Gasteiger partial charge in [-0.3, -0.25) is 4.79 Å². The van der Waals surface area contributed by atoms with E-state index < -0.39 is 0 Å². The predicted octanol–water partition coefficient (Wildman–Crippen LogP) is 2.43. The predicted molar refractivity (Wildman–Crippen MR) is 65.7 cm³/mol. The average Bonchev–Trinajstić information content (AvgIpc) is 2.39. The molecule has 0 radical (unpaired) electrons. The van der Waals surface area contributed by atoms with Crippen LogP contribution in [0.15, 0.2) is 24.3 Å². The second-order valence-corrected chi connectivity index (χ2v) is 4.44. The summed E-state index contributed by atoms with van der Waals surface area (Å²) in [6.07, 6.45) is 2.96. The number of nitrogens with one attached hydrogen (secondary N) is 1. The zero-order valence-electron chi connectivity index (χ0n) is 9.83. The van der Waals surface area contributed by atoms with Crippen LogP contribution in [0.3, 0.4) is 0 Å². The third-order valence-corrected chi connectivity index (χ3v) is 3.33. The van der Waals surface area contributed by atoms with E-state index in [1.165, 1.54) is 5.56 Å². The fourth-order valence-corrected chi connectivity index (χ4v) is 2.26. The minimum atomic E-state index is 0.230. The van der Waals surface area contributed by atoms with E-state index in [1.807, 2.05) is 18.2 Å². The molecule has 2 rings (SSSR count). The number of benzene rings is 1. The lowest BCUT2D eigenvalue weighted by atomic mass is 9.89. The number of Topliss-reactive ketones (excluding diaryl/α,β-unsaturated/α-hetero) is 1. The molecule has 0 atom stereocenters. The molecule has 1 fully saturated rings. The Hall–Kier alpha value is -1.15. The monoisotopic (exact) mass is 217 g/mol. The summed E-state index contributed by atoms with van der Waals surface area (Å²) in [5.74, 6) is 0.560. The molecule has 0 aromatic heterocycles. The van der Waals surface area contributed by atoms with Gasteiger partial charge in [0.05, 0.1) is 0 Å². The summed E-state index contributed by atoms with van der Waals surface area (Å²) in [6, 6.07) is 8.07. The first-order valence-corrected chi connectivity index (χ1v) is 6.15. The zero-order chi connectivity index (χ0) is 11.4. The van der Waals surface area contributed by atoms with E-state index in [2.05, 4.69) is 18.3 Å². The molecule has 0 amide bonds. The molecule has 2 heteroatoms. The van der Waals surface area contributed by atoms with Crippen LogP contribution in [0.4, 0.5) is 0 Å². The van der Waals surface area contributed by atoms with Crippen LogP contribution in [0, 0.1) is 5.92 Å². The summed E-state index contributed by atoms with van der Waals surface area (Å²) in [5.41, 5.74) is 2.14. The van der Waals surface area contributed by atoms with Gasteiger partial charge in [0.2, 0.25) is 0 Å². The number of piperidine rings is 1. The van der Waals surface area contributed by atoms with E-state index in [0.717, 1.165) is 37.9 Å². The Morgan fingerprint density at radius 2 is 2.12 bits per heavy atom. The fraction of sp³-hybridized carbons (Fsp3) is 0.500. The molecule has 0 saturated carbocycles. The lowest BCUT2D eigenvalue weighted by molar-refractivity contribution is 0.0895. The second-order valence-electron chi connectivity index (χ2n) is 4.44. The molecule has 1 aromatic carbocycles. The first-order chi connectivity index (χ1) is 7.81. The van der Waals surface area contributed by atoms with Crippen molar-refractivity contribution in [1.82, 2.24) is 5.32 Å². The van der Waals surface area contributed by atoms with Crippen molar-refractivity contribution < 1.29 is 4.79 Å². The minimum absolute atomic E-state index is 0.230. The number of carbonyl (C=O) groups excluding carboxylic acids is 1. The number of rotatable bonds is 3. The van der Waals surface area contributed by atoms with Crippen molar-refractivity contribution in [3.8, 4) is 0 Å². The highest BCUT2D eigenvalue weighted by molar-refractivity contribution is 5.98. The molecule has 86 valence electrons. The maximum absolute atomic E-state index is 12.2. The highest BCUT2D eigenvalue weighted by Crippen LogP contribution is 2.19. The molecule has 1 N–H and O–H groups in total. The quantitative estimate of drug-likeness (QED) is 0.788. The lowest BCUT2D eigenvalue weighted by Crippen LogP contribution is -2.31. The number of aryl methyl sites for hydroxylation is 1. The van der Waals surface area contributed by atoms with Gasteiger partial charge in [-0.2, -0.15) is 0 Å². The van der Waals surface area contributed by atoms with E-state index in [-0.39, 0.29) is 5.92 Å². The van der Waals surface area contributed by atoms with Gasteiger partial charge in [0, 0.05) is 11.5 Å². The van der Waals surface area contributed by atoms with E-state index in [0.29, 0.717) is 5.78 Å². The van der Waals surface area contributed by atoms with Crippen molar-refractivity contribution in [2.75, 3.05) is 13.1 Å². The Labute approximate surface area is 97.1 Å². The highest BCUT2D eigenvalue weighted by atomic mass is 16.1. The Morgan fingerprint density at radius 1 is 1.38 bits per heavy atom. The van der Waals surface area contributed by atoms with Crippen LogP contribution in [-0.2, 0) is 6.42 Å². The van der Waals surface area contributed by atoms with Gasteiger partial charge in [-0.25, -0.2) is 0 Å². The summed E-state index contributed by atoms with van der Waals surface area (Å²) in [6.45, 7) is 4.07. The van der Waals surface area contributed by atoms with Crippen LogP contribution in [0.1, 0.15) is 35.7 Å². The first-order valence-electron chi connectivity index (χ1n) is 6.15. The van der Waals surface area contributed by atoms with Crippen molar-refractivity contribution in [2.24, 2.45) is 5.92 Å². The number of hydrogen-bond donors (Lipinski definition) is 1. The van der Waals surface area contributed by atoms with Crippen LogP contribution < -0.4 is 5.32 Å². The molecule has 1 aromatic rings. The summed E-state index contributed by atoms with van der Waals surface area (Å²) in [5, 5.41) is 3.29. The van der Waals surface area contributed by atoms with Crippen LogP contribution >= 0.6 is 0 Å². The van der Waals surface area contributed by atoms with Gasteiger partial charge >= 0.3 is 0 Å². The zero-order valence-corrected chi connectivity index (χ0v) is 9.83. The third-order valence-electron chi connectivity index (χ3n) is 3.33. The van der Waals surface area contributed by atoms with E-state index >= 15 is 0 Å². The largest absolute Gasteiger partial charge is 0.317 e. The Morgan fingerprint density at radius 3 is 2.81 bits per heavy atom. The lowest BCUT2D eigenvalue weighted by Gasteiger charge is -2.21. The summed E-state index contributed by atoms with van der Waals surface area (Å²) in [7, 11) is 0. The van der Waals surface area contributed by atoms with Gasteiger partial charge < -0.3 is 5.32 Å². The molecule has 16 heavy (non-hydrogen) atoms. The molecule has 0 unspecified atom stereocenters. The van der Waals surface area contributed by atoms with Crippen LogP contribution in [0.5, 0.6) is 0 Å². The third kappa shape index (κ3) is 2.50. The molecule has 1 aliphatic rings. The van der Waals surface area contributed by atoms with E-state index in [4.69, 9.17) is 0 Å².